The second-order valence-electron chi connectivity index (χ2n) is 9.83. The molecule has 0 spiro atoms. The van der Waals surface area contributed by atoms with Crippen LogP contribution in [0.3, 0.4) is 0 Å². The number of anilines is 1. The van der Waals surface area contributed by atoms with Crippen molar-refractivity contribution in [2.24, 2.45) is 0 Å². The van der Waals surface area contributed by atoms with E-state index in [9.17, 15) is 4.79 Å². The molecule has 8 heteroatoms. The van der Waals surface area contributed by atoms with E-state index in [1.54, 1.807) is 11.3 Å². The van der Waals surface area contributed by atoms with Crippen molar-refractivity contribution >= 4 is 56.0 Å². The molecule has 0 aliphatic carbocycles. The van der Waals surface area contributed by atoms with Gasteiger partial charge in [0.05, 0.1) is 11.6 Å². The SMILES string of the molecule is Nc1ncnc2cc(CN3CCN(Cc4cc5ccc(Cl)cc5s4)[C@@H](Cc4ccccc4)C3C=O)ccc12. The lowest BCUT2D eigenvalue weighted by molar-refractivity contribution is -0.118. The molecule has 38 heavy (non-hydrogen) atoms. The normalized spacial score (nSPS) is 18.8. The molecule has 0 radical (unpaired) electrons. The number of fused-ring (bicyclic) bond motifs is 2. The zero-order chi connectivity index (χ0) is 26.1. The van der Waals surface area contributed by atoms with Gasteiger partial charge in [0.2, 0.25) is 0 Å². The van der Waals surface area contributed by atoms with E-state index >= 15 is 0 Å². The molecule has 3 heterocycles. The van der Waals surface area contributed by atoms with Crippen LogP contribution in [0.5, 0.6) is 0 Å². The molecule has 2 N–H and O–H groups in total. The van der Waals surface area contributed by atoms with Gasteiger partial charge in [-0.1, -0.05) is 54.1 Å². The number of aldehydes is 1. The molecular weight excluding hydrogens is 514 g/mol. The van der Waals surface area contributed by atoms with E-state index in [-0.39, 0.29) is 12.1 Å². The van der Waals surface area contributed by atoms with Crippen molar-refractivity contribution in [3.05, 3.63) is 100 Å². The van der Waals surface area contributed by atoms with E-state index in [2.05, 4.69) is 68.3 Å². The fourth-order valence-electron chi connectivity index (χ4n) is 5.49. The lowest BCUT2D eigenvalue weighted by Gasteiger charge is -2.45. The third-order valence-electron chi connectivity index (χ3n) is 7.40. The van der Waals surface area contributed by atoms with Gasteiger partial charge >= 0.3 is 0 Å². The van der Waals surface area contributed by atoms with Crippen LogP contribution in [0.25, 0.3) is 21.0 Å². The first-order chi connectivity index (χ1) is 18.6. The van der Waals surface area contributed by atoms with Crippen LogP contribution in [0, 0.1) is 0 Å². The van der Waals surface area contributed by atoms with Crippen LogP contribution in [-0.2, 0) is 24.3 Å². The Hall–Kier alpha value is -3.36. The van der Waals surface area contributed by atoms with Crippen molar-refractivity contribution in [2.75, 3.05) is 18.8 Å². The molecule has 0 amide bonds. The molecule has 6 nitrogen and oxygen atoms in total. The van der Waals surface area contributed by atoms with Gasteiger partial charge < -0.3 is 10.5 Å². The fourth-order valence-corrected chi connectivity index (χ4v) is 6.85. The Morgan fingerprint density at radius 1 is 0.947 bits per heavy atom. The molecule has 1 aliphatic heterocycles. The Kier molecular flexibility index (Phi) is 7.08. The number of thiophene rings is 1. The lowest BCUT2D eigenvalue weighted by Crippen LogP contribution is -2.60. The van der Waals surface area contributed by atoms with Crippen molar-refractivity contribution in [3.63, 3.8) is 0 Å². The molecule has 0 saturated carbocycles. The number of rotatable bonds is 7. The van der Waals surface area contributed by atoms with E-state index in [1.165, 1.54) is 26.9 Å². The quantitative estimate of drug-likeness (QED) is 0.271. The van der Waals surface area contributed by atoms with Gasteiger partial charge in [0.1, 0.15) is 18.4 Å². The largest absolute Gasteiger partial charge is 0.383 e. The van der Waals surface area contributed by atoms with Crippen molar-refractivity contribution in [1.82, 2.24) is 19.8 Å². The average Bonchev–Trinajstić information content (AvgIpc) is 3.32. The minimum atomic E-state index is -0.237. The maximum Gasteiger partial charge on any atom is 0.138 e. The monoisotopic (exact) mass is 541 g/mol. The minimum Gasteiger partial charge on any atom is -0.383 e. The third kappa shape index (κ3) is 5.15. The molecule has 1 aliphatic rings. The second kappa shape index (κ2) is 10.8. The van der Waals surface area contributed by atoms with Crippen LogP contribution >= 0.6 is 22.9 Å². The summed E-state index contributed by atoms with van der Waals surface area (Å²) in [6, 6.07) is 24.6. The average molecular weight is 542 g/mol. The highest BCUT2D eigenvalue weighted by molar-refractivity contribution is 7.19. The van der Waals surface area contributed by atoms with Gasteiger partial charge in [-0.2, -0.15) is 0 Å². The van der Waals surface area contributed by atoms with Crippen molar-refractivity contribution in [3.8, 4) is 0 Å². The number of hydrogen-bond donors (Lipinski definition) is 1. The molecule has 6 rings (SSSR count). The first-order valence-electron chi connectivity index (χ1n) is 12.7. The lowest BCUT2D eigenvalue weighted by atomic mass is 9.94. The maximum absolute atomic E-state index is 12.7. The van der Waals surface area contributed by atoms with Crippen molar-refractivity contribution < 1.29 is 4.79 Å². The van der Waals surface area contributed by atoms with Crippen LogP contribution in [0.1, 0.15) is 16.0 Å². The van der Waals surface area contributed by atoms with Gasteiger partial charge in [0, 0.05) is 52.2 Å². The number of hydrogen-bond acceptors (Lipinski definition) is 7. The zero-order valence-electron chi connectivity index (χ0n) is 20.8. The highest BCUT2D eigenvalue weighted by Gasteiger charge is 2.36. The van der Waals surface area contributed by atoms with Gasteiger partial charge in [-0.05, 0) is 53.3 Å². The molecule has 1 saturated heterocycles. The Morgan fingerprint density at radius 2 is 1.79 bits per heavy atom. The van der Waals surface area contributed by atoms with E-state index in [1.807, 2.05) is 24.3 Å². The summed E-state index contributed by atoms with van der Waals surface area (Å²) in [7, 11) is 0. The summed E-state index contributed by atoms with van der Waals surface area (Å²) in [5, 5.41) is 2.81. The summed E-state index contributed by atoms with van der Waals surface area (Å²) in [6.45, 7) is 3.15. The molecule has 1 fully saturated rings. The van der Waals surface area contributed by atoms with Crippen LogP contribution < -0.4 is 5.73 Å². The number of piperazine rings is 1. The number of nitrogens with zero attached hydrogens (tertiary/aromatic N) is 4. The van der Waals surface area contributed by atoms with E-state index in [0.29, 0.717) is 12.4 Å². The number of halogens is 1. The van der Waals surface area contributed by atoms with Gasteiger partial charge in [-0.15, -0.1) is 11.3 Å². The van der Waals surface area contributed by atoms with Crippen LogP contribution in [-0.4, -0.2) is 51.2 Å². The van der Waals surface area contributed by atoms with Crippen molar-refractivity contribution in [2.45, 2.75) is 31.6 Å². The molecule has 2 aromatic heterocycles. The van der Waals surface area contributed by atoms with Crippen LogP contribution in [0.15, 0.2) is 79.1 Å². The zero-order valence-corrected chi connectivity index (χ0v) is 22.4. The first kappa shape index (κ1) is 24.9. The molecule has 0 bridgehead atoms. The third-order valence-corrected chi connectivity index (χ3v) is 8.71. The fraction of sp³-hybridized carbons (Fsp3) is 0.233. The maximum atomic E-state index is 12.7. The number of carbonyl (C=O) groups excluding carboxylic acids is 1. The summed E-state index contributed by atoms with van der Waals surface area (Å²) in [6.07, 6.45) is 3.43. The molecular formula is C30H28ClN5OS. The summed E-state index contributed by atoms with van der Waals surface area (Å²) in [4.78, 5) is 27.2. The topological polar surface area (TPSA) is 75.3 Å². The Balaban J connectivity index is 1.28. The number of aromatic nitrogens is 2. The van der Waals surface area contributed by atoms with Crippen LogP contribution in [0.2, 0.25) is 5.02 Å². The van der Waals surface area contributed by atoms with E-state index in [0.717, 1.165) is 53.8 Å². The predicted octanol–water partition coefficient (Wildman–Crippen LogP) is 5.58. The molecule has 192 valence electrons. The molecule has 5 aromatic rings. The number of carbonyl (C=O) groups is 1. The van der Waals surface area contributed by atoms with Crippen molar-refractivity contribution in [1.29, 1.82) is 0 Å². The Morgan fingerprint density at radius 3 is 2.63 bits per heavy atom. The van der Waals surface area contributed by atoms with Gasteiger partial charge in [-0.25, -0.2) is 9.97 Å². The minimum absolute atomic E-state index is 0.0517. The first-order valence-corrected chi connectivity index (χ1v) is 13.9. The number of nitrogens with two attached hydrogens (primary N) is 1. The molecule has 2 atom stereocenters. The van der Waals surface area contributed by atoms with E-state index < -0.39 is 0 Å². The Labute approximate surface area is 230 Å². The summed E-state index contributed by atoms with van der Waals surface area (Å²) in [5.74, 6) is 0.479. The smallest absolute Gasteiger partial charge is 0.138 e. The Bertz CT molecular complexity index is 1590. The highest BCUT2D eigenvalue weighted by atomic mass is 35.5. The van der Waals surface area contributed by atoms with Gasteiger partial charge in [0.25, 0.3) is 0 Å². The highest BCUT2D eigenvalue weighted by Crippen LogP contribution is 2.31. The summed E-state index contributed by atoms with van der Waals surface area (Å²) >= 11 is 8.01. The molecule has 3 aromatic carbocycles. The second-order valence-corrected chi connectivity index (χ2v) is 11.4. The molecule has 1 unspecified atom stereocenters. The van der Waals surface area contributed by atoms with Gasteiger partial charge in [-0.3, -0.25) is 9.80 Å². The summed E-state index contributed by atoms with van der Waals surface area (Å²) in [5.41, 5.74) is 9.18. The summed E-state index contributed by atoms with van der Waals surface area (Å²) < 4.78 is 1.19. The van der Waals surface area contributed by atoms with Gasteiger partial charge in [0.15, 0.2) is 0 Å². The standard InChI is InChI=1S/C30H28ClN5OS/c31-23-8-7-22-14-24(38-29(22)15-23)17-36-11-10-35(28(18-37)27(36)13-20-4-2-1-3-5-20)16-21-6-9-25-26(12-21)33-19-34-30(25)32/h1-9,12,14-15,18-19,27-28H,10-11,13,16-17H2,(H2,32,33,34)/t27-,28?/m0/s1. The number of benzene rings is 3. The van der Waals surface area contributed by atoms with E-state index in [4.69, 9.17) is 17.3 Å². The van der Waals surface area contributed by atoms with Crippen LogP contribution in [0.4, 0.5) is 5.82 Å². The number of nitrogen functional groups attached to an aromatic ring is 1. The predicted molar refractivity (Wildman–Crippen MR) is 155 cm³/mol.